The van der Waals surface area contributed by atoms with Crippen LogP contribution in [0.5, 0.6) is 5.75 Å². The Morgan fingerprint density at radius 2 is 1.61 bits per heavy atom. The summed E-state index contributed by atoms with van der Waals surface area (Å²) in [5.41, 5.74) is 0.342. The summed E-state index contributed by atoms with van der Waals surface area (Å²) < 4.78 is 9.53. The lowest BCUT2D eigenvalue weighted by Crippen LogP contribution is -2.20. The maximum Gasteiger partial charge on any atom is 0.308 e. The van der Waals surface area contributed by atoms with Gasteiger partial charge in [0.05, 0.1) is 0 Å². The summed E-state index contributed by atoms with van der Waals surface area (Å²) in [5, 5.41) is -1.02. The third-order valence-corrected chi connectivity index (χ3v) is 2.48. The van der Waals surface area contributed by atoms with Gasteiger partial charge in [-0.1, -0.05) is 0 Å². The number of ether oxygens (including phenoxy) is 2. The van der Waals surface area contributed by atoms with Gasteiger partial charge in [0.2, 0.25) is 10.8 Å². The summed E-state index contributed by atoms with van der Waals surface area (Å²) in [4.78, 5) is 33.2. The third-order valence-electron chi connectivity index (χ3n) is 1.88. The summed E-state index contributed by atoms with van der Waals surface area (Å²) in [7, 11) is 0. The molecule has 0 bridgehead atoms. The van der Waals surface area contributed by atoms with E-state index in [4.69, 9.17) is 9.47 Å². The van der Waals surface area contributed by atoms with E-state index in [1.54, 1.807) is 0 Å². The molecule has 0 saturated heterocycles. The number of halogens is 1. The Balaban J connectivity index is 2.75. The van der Waals surface area contributed by atoms with Gasteiger partial charge in [-0.05, 0) is 40.2 Å². The van der Waals surface area contributed by atoms with E-state index in [1.807, 2.05) is 0 Å². The number of alkyl halides is 1. The molecule has 0 fully saturated rings. The van der Waals surface area contributed by atoms with Crippen molar-refractivity contribution in [2.24, 2.45) is 0 Å². The van der Waals surface area contributed by atoms with Crippen LogP contribution in [0.1, 0.15) is 24.2 Å². The van der Waals surface area contributed by atoms with Crippen molar-refractivity contribution in [1.29, 1.82) is 0 Å². The molecule has 0 aliphatic heterocycles. The average Bonchev–Trinajstić information content (AvgIpc) is 2.27. The molecule has 96 valence electrons. The number of carbonyl (C=O) groups excluding carboxylic acids is 3. The van der Waals surface area contributed by atoms with Gasteiger partial charge in [0.25, 0.3) is 0 Å². The fourth-order valence-electron chi connectivity index (χ4n) is 1.18. The summed E-state index contributed by atoms with van der Waals surface area (Å²) in [5.74, 6) is -1.04. The van der Waals surface area contributed by atoms with E-state index in [1.165, 1.54) is 38.1 Å². The van der Waals surface area contributed by atoms with E-state index in [-0.39, 0.29) is 5.78 Å². The van der Waals surface area contributed by atoms with Crippen LogP contribution < -0.4 is 4.74 Å². The quantitative estimate of drug-likeness (QED) is 0.368. The van der Waals surface area contributed by atoms with Gasteiger partial charge in [0.15, 0.2) is 0 Å². The Labute approximate surface area is 112 Å². The molecular weight excluding hydrogens is 304 g/mol. The molecule has 0 aromatic heterocycles. The van der Waals surface area contributed by atoms with E-state index < -0.39 is 17.0 Å². The molecule has 1 atom stereocenters. The lowest BCUT2D eigenvalue weighted by molar-refractivity contribution is -0.140. The number of ketones is 1. The monoisotopic (exact) mass is 314 g/mol. The molecular formula is C12H11BrO5. The lowest BCUT2D eigenvalue weighted by atomic mass is 10.1. The second kappa shape index (κ2) is 6.30. The van der Waals surface area contributed by atoms with Crippen molar-refractivity contribution >= 4 is 33.7 Å². The molecule has 1 rings (SSSR count). The standard InChI is InChI=1S/C12H11BrO5/c1-7(14)17-10-5-3-9(4-6-10)11(16)12(13)18-8(2)15/h3-6,12H,1-2H3. The molecule has 5 nitrogen and oxygen atoms in total. The van der Waals surface area contributed by atoms with E-state index in [0.717, 1.165) is 0 Å². The molecule has 0 aliphatic carbocycles. The van der Waals surface area contributed by atoms with Crippen molar-refractivity contribution in [3.05, 3.63) is 29.8 Å². The van der Waals surface area contributed by atoms with Crippen LogP contribution in [0.15, 0.2) is 24.3 Å². The molecule has 0 spiro atoms. The molecule has 18 heavy (non-hydrogen) atoms. The Morgan fingerprint density at radius 3 is 2.06 bits per heavy atom. The van der Waals surface area contributed by atoms with Crippen LogP contribution in [0, 0.1) is 0 Å². The zero-order chi connectivity index (χ0) is 13.7. The number of esters is 2. The van der Waals surface area contributed by atoms with Crippen LogP contribution in [0.2, 0.25) is 0 Å². The first-order valence-electron chi connectivity index (χ1n) is 5.04. The van der Waals surface area contributed by atoms with Crippen LogP contribution in [-0.4, -0.2) is 22.7 Å². The highest BCUT2D eigenvalue weighted by Gasteiger charge is 2.19. The number of hydrogen-bond donors (Lipinski definition) is 0. The Hall–Kier alpha value is -1.69. The highest BCUT2D eigenvalue weighted by Crippen LogP contribution is 2.16. The van der Waals surface area contributed by atoms with Gasteiger partial charge in [-0.15, -0.1) is 0 Å². The molecule has 0 saturated carbocycles. The smallest absolute Gasteiger partial charge is 0.308 e. The molecule has 0 radical (unpaired) electrons. The Morgan fingerprint density at radius 1 is 1.06 bits per heavy atom. The molecule has 0 aliphatic rings. The van der Waals surface area contributed by atoms with Crippen LogP contribution in [0.3, 0.4) is 0 Å². The molecule has 1 unspecified atom stereocenters. The van der Waals surface area contributed by atoms with Crippen molar-refractivity contribution in [2.75, 3.05) is 0 Å². The number of rotatable bonds is 4. The number of hydrogen-bond acceptors (Lipinski definition) is 5. The first-order valence-corrected chi connectivity index (χ1v) is 5.95. The number of benzene rings is 1. The van der Waals surface area contributed by atoms with Gasteiger partial charge < -0.3 is 9.47 Å². The first-order chi connectivity index (χ1) is 8.40. The van der Waals surface area contributed by atoms with E-state index in [2.05, 4.69) is 15.9 Å². The zero-order valence-electron chi connectivity index (χ0n) is 9.81. The summed E-state index contributed by atoms with van der Waals surface area (Å²) in [6, 6.07) is 5.95. The normalized spacial score (nSPS) is 11.5. The minimum atomic E-state index is -1.02. The Bertz CT molecular complexity index is 466. The number of Topliss-reactive ketones (excluding diaryl/α,β-unsaturated/α-hetero) is 1. The van der Waals surface area contributed by atoms with Gasteiger partial charge in [-0.2, -0.15) is 0 Å². The SMILES string of the molecule is CC(=O)Oc1ccc(C(=O)C(Br)OC(C)=O)cc1. The third kappa shape index (κ3) is 4.29. The molecule has 0 N–H and O–H groups in total. The van der Waals surface area contributed by atoms with Gasteiger partial charge in [-0.25, -0.2) is 0 Å². The van der Waals surface area contributed by atoms with Gasteiger partial charge in [0.1, 0.15) is 5.75 Å². The second-order valence-corrected chi connectivity index (χ2v) is 4.24. The Kier molecular flexibility index (Phi) is 5.03. The van der Waals surface area contributed by atoms with Crippen molar-refractivity contribution in [3.63, 3.8) is 0 Å². The fraction of sp³-hybridized carbons (Fsp3) is 0.250. The van der Waals surface area contributed by atoms with Crippen LogP contribution in [0.4, 0.5) is 0 Å². The van der Waals surface area contributed by atoms with E-state index in [0.29, 0.717) is 11.3 Å². The summed E-state index contributed by atoms with van der Waals surface area (Å²) in [6.45, 7) is 2.50. The molecule has 6 heteroatoms. The van der Waals surface area contributed by atoms with Gasteiger partial charge in [-0.3, -0.25) is 14.4 Å². The van der Waals surface area contributed by atoms with Crippen molar-refractivity contribution in [3.8, 4) is 5.75 Å². The maximum atomic E-state index is 11.8. The van der Waals surface area contributed by atoms with E-state index >= 15 is 0 Å². The summed E-state index contributed by atoms with van der Waals surface area (Å²) in [6.07, 6.45) is 0. The molecule has 0 heterocycles. The molecule has 1 aromatic carbocycles. The first kappa shape index (κ1) is 14.4. The van der Waals surface area contributed by atoms with Crippen LogP contribution in [-0.2, 0) is 14.3 Å². The highest BCUT2D eigenvalue weighted by molar-refractivity contribution is 9.09. The average molecular weight is 315 g/mol. The second-order valence-electron chi connectivity index (χ2n) is 3.41. The fourth-order valence-corrected chi connectivity index (χ4v) is 1.71. The predicted molar refractivity (Wildman–Crippen MR) is 66.6 cm³/mol. The number of carbonyl (C=O) groups is 3. The van der Waals surface area contributed by atoms with Gasteiger partial charge >= 0.3 is 11.9 Å². The molecule has 0 amide bonds. The topological polar surface area (TPSA) is 69.7 Å². The molecule has 1 aromatic rings. The highest BCUT2D eigenvalue weighted by atomic mass is 79.9. The van der Waals surface area contributed by atoms with Gasteiger partial charge in [0, 0.05) is 19.4 Å². The summed E-state index contributed by atoms with van der Waals surface area (Å²) >= 11 is 2.96. The van der Waals surface area contributed by atoms with E-state index in [9.17, 15) is 14.4 Å². The predicted octanol–water partition coefficient (Wildman–Crippen LogP) is 2.08. The van der Waals surface area contributed by atoms with Crippen LogP contribution in [0.25, 0.3) is 0 Å². The lowest BCUT2D eigenvalue weighted by Gasteiger charge is -2.09. The van der Waals surface area contributed by atoms with Crippen molar-refractivity contribution in [2.45, 2.75) is 18.9 Å². The zero-order valence-corrected chi connectivity index (χ0v) is 11.4. The minimum Gasteiger partial charge on any atom is -0.442 e. The van der Waals surface area contributed by atoms with Crippen molar-refractivity contribution in [1.82, 2.24) is 0 Å². The maximum absolute atomic E-state index is 11.8. The largest absolute Gasteiger partial charge is 0.442 e. The van der Waals surface area contributed by atoms with Crippen LogP contribution >= 0.6 is 15.9 Å². The minimum absolute atomic E-state index is 0.342. The van der Waals surface area contributed by atoms with Crippen molar-refractivity contribution < 1.29 is 23.9 Å².